The number of hydrogen-bond acceptors (Lipinski definition) is 5. The molecule has 0 aromatic heterocycles. The average molecular weight is 269 g/mol. The Morgan fingerprint density at radius 2 is 1.53 bits per heavy atom. The highest BCUT2D eigenvalue weighted by atomic mass is 16.4. The van der Waals surface area contributed by atoms with Gasteiger partial charge >= 0.3 is 11.9 Å². The monoisotopic (exact) mass is 269 g/mol. The van der Waals surface area contributed by atoms with Gasteiger partial charge in [0, 0.05) is 0 Å². The molecule has 0 saturated carbocycles. The molecule has 4 N–H and O–H groups in total. The van der Waals surface area contributed by atoms with Crippen molar-refractivity contribution in [3.63, 3.8) is 0 Å². The van der Waals surface area contributed by atoms with Gasteiger partial charge in [-0.25, -0.2) is 0 Å². The lowest BCUT2D eigenvalue weighted by Gasteiger charge is -2.19. The molecular weight excluding hydrogens is 258 g/mol. The zero-order chi connectivity index (χ0) is 14.6. The van der Waals surface area contributed by atoms with Gasteiger partial charge in [0.05, 0.1) is 5.56 Å². The van der Waals surface area contributed by atoms with Crippen molar-refractivity contribution in [1.29, 1.82) is 0 Å². The summed E-state index contributed by atoms with van der Waals surface area (Å²) in [7, 11) is 0. The molecule has 0 spiro atoms. The Kier molecular flexibility index (Phi) is 4.30. The molecule has 0 saturated heterocycles. The molecule has 8 heteroatoms. The van der Waals surface area contributed by atoms with Gasteiger partial charge in [0.15, 0.2) is 11.5 Å². The van der Waals surface area contributed by atoms with Gasteiger partial charge in [-0.3, -0.25) is 14.4 Å². The van der Waals surface area contributed by atoms with E-state index in [4.69, 9.17) is 10.2 Å². The summed E-state index contributed by atoms with van der Waals surface area (Å²) in [6.45, 7) is -1.67. The van der Waals surface area contributed by atoms with Gasteiger partial charge in [-0.1, -0.05) is 6.07 Å². The number of aliphatic carboxylic acids is 2. The second-order valence-electron chi connectivity index (χ2n) is 3.62. The fraction of sp³-hybridized carbons (Fsp3) is 0.182. The molecule has 19 heavy (non-hydrogen) atoms. The summed E-state index contributed by atoms with van der Waals surface area (Å²) in [5, 5.41) is 36.0. The zero-order valence-corrected chi connectivity index (χ0v) is 9.61. The lowest BCUT2D eigenvalue weighted by molar-refractivity contribution is -0.140. The average Bonchev–Trinajstić information content (AvgIpc) is 2.30. The molecule has 0 heterocycles. The summed E-state index contributed by atoms with van der Waals surface area (Å²) >= 11 is 0. The van der Waals surface area contributed by atoms with E-state index in [0.29, 0.717) is 4.90 Å². The van der Waals surface area contributed by atoms with E-state index >= 15 is 0 Å². The lowest BCUT2D eigenvalue weighted by atomic mass is 10.1. The van der Waals surface area contributed by atoms with E-state index in [2.05, 4.69) is 0 Å². The van der Waals surface area contributed by atoms with Gasteiger partial charge in [-0.05, 0) is 12.1 Å². The van der Waals surface area contributed by atoms with Gasteiger partial charge in [-0.2, -0.15) is 0 Å². The molecule has 1 aromatic rings. The maximum Gasteiger partial charge on any atom is 0.323 e. The van der Waals surface area contributed by atoms with E-state index in [1.54, 1.807) is 0 Å². The predicted octanol–water partition coefficient (Wildman–Crippen LogP) is -0.291. The maximum atomic E-state index is 11.9. The summed E-state index contributed by atoms with van der Waals surface area (Å²) in [5.41, 5.74) is -0.373. The Bertz CT molecular complexity index is 510. The third-order valence-electron chi connectivity index (χ3n) is 2.18. The number of carbonyl (C=O) groups is 3. The first-order chi connectivity index (χ1) is 8.82. The Labute approximate surface area is 107 Å². The Morgan fingerprint density at radius 1 is 1.00 bits per heavy atom. The second-order valence-corrected chi connectivity index (χ2v) is 3.62. The van der Waals surface area contributed by atoms with Crippen molar-refractivity contribution in [3.8, 4) is 11.5 Å². The van der Waals surface area contributed by atoms with Gasteiger partial charge in [0.25, 0.3) is 5.91 Å². The fourth-order valence-corrected chi connectivity index (χ4v) is 1.40. The first-order valence-corrected chi connectivity index (χ1v) is 5.06. The first-order valence-electron chi connectivity index (χ1n) is 5.06. The molecule has 0 bridgehead atoms. The Balaban J connectivity index is 3.07. The van der Waals surface area contributed by atoms with Crippen LogP contribution in [0.3, 0.4) is 0 Å². The van der Waals surface area contributed by atoms with E-state index in [0.717, 1.165) is 12.1 Å². The van der Waals surface area contributed by atoms with E-state index < -0.39 is 42.4 Å². The van der Waals surface area contributed by atoms with E-state index in [1.165, 1.54) is 6.07 Å². The van der Waals surface area contributed by atoms with Crippen molar-refractivity contribution in [2.45, 2.75) is 0 Å². The molecule has 0 aliphatic carbocycles. The summed E-state index contributed by atoms with van der Waals surface area (Å²) in [6, 6.07) is 3.54. The van der Waals surface area contributed by atoms with Crippen molar-refractivity contribution in [2.75, 3.05) is 13.1 Å². The number of phenolic OH excluding ortho intramolecular Hbond substituents is 2. The number of aromatic hydroxyl groups is 2. The van der Waals surface area contributed by atoms with Gasteiger partial charge in [0.2, 0.25) is 0 Å². The number of carbonyl (C=O) groups excluding carboxylic acids is 1. The summed E-state index contributed by atoms with van der Waals surface area (Å²) < 4.78 is 0. The zero-order valence-electron chi connectivity index (χ0n) is 9.61. The smallest absolute Gasteiger partial charge is 0.323 e. The van der Waals surface area contributed by atoms with Crippen LogP contribution in [0.25, 0.3) is 0 Å². The molecule has 1 rings (SSSR count). The number of phenols is 2. The predicted molar refractivity (Wildman–Crippen MR) is 60.9 cm³/mol. The maximum absolute atomic E-state index is 11.9. The van der Waals surface area contributed by atoms with E-state index in [9.17, 15) is 24.6 Å². The van der Waals surface area contributed by atoms with Crippen LogP contribution >= 0.6 is 0 Å². The first kappa shape index (κ1) is 14.3. The SMILES string of the molecule is O=C(O)CN(CC(=O)O)C(=O)c1cccc(O)c1O. The third-order valence-corrected chi connectivity index (χ3v) is 2.18. The van der Waals surface area contributed by atoms with Crippen LogP contribution in [0.5, 0.6) is 11.5 Å². The Hall–Kier alpha value is -2.77. The van der Waals surface area contributed by atoms with Crippen LogP contribution in [0.15, 0.2) is 18.2 Å². The number of benzene rings is 1. The topological polar surface area (TPSA) is 135 Å². The van der Waals surface area contributed by atoms with E-state index in [1.807, 2.05) is 0 Å². The molecule has 0 fully saturated rings. The molecule has 0 radical (unpaired) electrons. The highest BCUT2D eigenvalue weighted by Crippen LogP contribution is 2.29. The number of rotatable bonds is 5. The molecule has 8 nitrogen and oxygen atoms in total. The fourth-order valence-electron chi connectivity index (χ4n) is 1.40. The molecule has 0 aliphatic rings. The van der Waals surface area contributed by atoms with Crippen molar-refractivity contribution in [3.05, 3.63) is 23.8 Å². The lowest BCUT2D eigenvalue weighted by Crippen LogP contribution is -2.39. The number of carboxylic acid groups (broad SMARTS) is 2. The van der Waals surface area contributed by atoms with Crippen LogP contribution in [0, 0.1) is 0 Å². The Morgan fingerprint density at radius 3 is 2.00 bits per heavy atom. The second kappa shape index (κ2) is 5.71. The van der Waals surface area contributed by atoms with Crippen molar-refractivity contribution >= 4 is 17.8 Å². The van der Waals surface area contributed by atoms with Crippen LogP contribution in [0.2, 0.25) is 0 Å². The van der Waals surface area contributed by atoms with Crippen LogP contribution < -0.4 is 0 Å². The minimum absolute atomic E-state index is 0.373. The molecule has 102 valence electrons. The van der Waals surface area contributed by atoms with Crippen molar-refractivity contribution in [1.82, 2.24) is 4.90 Å². The number of amides is 1. The largest absolute Gasteiger partial charge is 0.504 e. The molecule has 0 unspecified atom stereocenters. The molecule has 1 amide bonds. The molecule has 0 aliphatic heterocycles. The highest BCUT2D eigenvalue weighted by Gasteiger charge is 2.24. The summed E-state index contributed by atoms with van der Waals surface area (Å²) in [5.74, 6) is -5.08. The standard InChI is InChI=1S/C11H11NO7/c13-7-3-1-2-6(10(7)18)11(19)12(4-8(14)15)5-9(16)17/h1-3,13,18H,4-5H2,(H,14,15)(H,16,17). The quantitative estimate of drug-likeness (QED) is 0.539. The number of nitrogens with zero attached hydrogens (tertiary/aromatic N) is 1. The van der Waals surface area contributed by atoms with E-state index in [-0.39, 0.29) is 5.56 Å². The number of para-hydroxylation sites is 1. The molecule has 1 aromatic carbocycles. The van der Waals surface area contributed by atoms with Crippen LogP contribution in [-0.2, 0) is 9.59 Å². The minimum atomic E-state index is -1.39. The normalized spacial score (nSPS) is 9.89. The minimum Gasteiger partial charge on any atom is -0.504 e. The van der Waals surface area contributed by atoms with Gasteiger partial charge in [-0.15, -0.1) is 0 Å². The van der Waals surface area contributed by atoms with Crippen LogP contribution in [-0.4, -0.2) is 56.3 Å². The molecule has 0 atom stereocenters. The van der Waals surface area contributed by atoms with Crippen molar-refractivity contribution < 1.29 is 34.8 Å². The number of carboxylic acids is 2. The third kappa shape index (κ3) is 3.60. The number of hydrogen-bond donors (Lipinski definition) is 4. The van der Waals surface area contributed by atoms with Crippen molar-refractivity contribution in [2.24, 2.45) is 0 Å². The van der Waals surface area contributed by atoms with Gasteiger partial charge < -0.3 is 25.3 Å². The molecular formula is C11H11NO7. The van der Waals surface area contributed by atoms with Gasteiger partial charge in [0.1, 0.15) is 13.1 Å². The summed E-state index contributed by atoms with van der Waals surface area (Å²) in [4.78, 5) is 33.6. The van der Waals surface area contributed by atoms with Crippen LogP contribution in [0.1, 0.15) is 10.4 Å². The highest BCUT2D eigenvalue weighted by molar-refractivity contribution is 6.00. The van der Waals surface area contributed by atoms with Crippen LogP contribution in [0.4, 0.5) is 0 Å². The summed E-state index contributed by atoms with van der Waals surface area (Å²) in [6.07, 6.45) is 0.